The first-order valence-corrected chi connectivity index (χ1v) is 5.34. The van der Waals surface area contributed by atoms with Crippen LogP contribution in [0.3, 0.4) is 0 Å². The van der Waals surface area contributed by atoms with Gasteiger partial charge in [0.15, 0.2) is 0 Å². The summed E-state index contributed by atoms with van der Waals surface area (Å²) < 4.78 is 9.65. The van der Waals surface area contributed by atoms with Gasteiger partial charge in [-0.1, -0.05) is 0 Å². The second-order valence-corrected chi connectivity index (χ2v) is 3.50. The van der Waals surface area contributed by atoms with Gasteiger partial charge in [-0.3, -0.25) is 14.4 Å². The van der Waals surface area contributed by atoms with Gasteiger partial charge < -0.3 is 25.6 Å². The predicted molar refractivity (Wildman–Crippen MR) is 60.7 cm³/mol. The molecule has 0 aliphatic rings. The fourth-order valence-electron chi connectivity index (χ4n) is 1.10. The lowest BCUT2D eigenvalue weighted by Gasteiger charge is -2.14. The summed E-state index contributed by atoms with van der Waals surface area (Å²) in [5, 5.41) is 10.8. The Morgan fingerprint density at radius 3 is 2.50 bits per heavy atom. The lowest BCUT2D eigenvalue weighted by Crippen LogP contribution is -2.46. The molecule has 0 aliphatic heterocycles. The zero-order valence-corrected chi connectivity index (χ0v) is 10.2. The molecule has 0 fully saturated rings. The summed E-state index contributed by atoms with van der Waals surface area (Å²) in [5.41, 5.74) is 5.04. The largest absolute Gasteiger partial charge is 0.481 e. The van der Waals surface area contributed by atoms with E-state index in [1.54, 1.807) is 0 Å². The molecule has 0 spiro atoms. The van der Waals surface area contributed by atoms with Gasteiger partial charge in [0, 0.05) is 13.5 Å². The van der Waals surface area contributed by atoms with Crippen LogP contribution in [0.25, 0.3) is 0 Å². The van der Waals surface area contributed by atoms with E-state index in [9.17, 15) is 14.4 Å². The molecule has 4 N–H and O–H groups in total. The zero-order valence-electron chi connectivity index (χ0n) is 10.2. The van der Waals surface area contributed by atoms with Crippen molar-refractivity contribution in [1.82, 2.24) is 5.32 Å². The van der Waals surface area contributed by atoms with Crippen LogP contribution in [0, 0.1) is 0 Å². The van der Waals surface area contributed by atoms with Crippen molar-refractivity contribution in [3.05, 3.63) is 0 Å². The SMILES string of the molecule is COCCOCC(=O)N[C@@H](CCC(=O)O)C(N)=O. The highest BCUT2D eigenvalue weighted by Gasteiger charge is 2.18. The highest BCUT2D eigenvalue weighted by atomic mass is 16.5. The van der Waals surface area contributed by atoms with Gasteiger partial charge in [-0.15, -0.1) is 0 Å². The van der Waals surface area contributed by atoms with Crippen LogP contribution in [0.15, 0.2) is 0 Å². The van der Waals surface area contributed by atoms with Gasteiger partial charge >= 0.3 is 5.97 Å². The normalized spacial score (nSPS) is 11.8. The van der Waals surface area contributed by atoms with Crippen molar-refractivity contribution in [2.75, 3.05) is 26.9 Å². The number of rotatable bonds is 10. The fraction of sp³-hybridized carbons (Fsp3) is 0.700. The average molecular weight is 262 g/mol. The molecule has 0 bridgehead atoms. The molecule has 0 aromatic rings. The van der Waals surface area contributed by atoms with Gasteiger partial charge in [0.05, 0.1) is 13.2 Å². The molecule has 0 saturated carbocycles. The lowest BCUT2D eigenvalue weighted by atomic mass is 10.1. The fourth-order valence-corrected chi connectivity index (χ4v) is 1.10. The van der Waals surface area contributed by atoms with Gasteiger partial charge in [0.25, 0.3) is 0 Å². The van der Waals surface area contributed by atoms with E-state index in [0.29, 0.717) is 6.61 Å². The van der Waals surface area contributed by atoms with Crippen molar-refractivity contribution < 1.29 is 29.0 Å². The summed E-state index contributed by atoms with van der Waals surface area (Å²) in [4.78, 5) is 32.7. The number of nitrogens with two attached hydrogens (primary N) is 1. The third kappa shape index (κ3) is 8.48. The van der Waals surface area contributed by atoms with E-state index in [4.69, 9.17) is 20.3 Å². The number of nitrogens with one attached hydrogen (secondary N) is 1. The van der Waals surface area contributed by atoms with Crippen molar-refractivity contribution in [2.24, 2.45) is 5.73 Å². The number of aliphatic carboxylic acids is 1. The Hall–Kier alpha value is -1.67. The molecule has 1 atom stereocenters. The van der Waals surface area contributed by atoms with Gasteiger partial charge in [-0.25, -0.2) is 0 Å². The maximum atomic E-state index is 11.3. The molecule has 0 rings (SSSR count). The van der Waals surface area contributed by atoms with Crippen molar-refractivity contribution in [2.45, 2.75) is 18.9 Å². The van der Waals surface area contributed by atoms with Crippen molar-refractivity contribution in [3.8, 4) is 0 Å². The molecule has 18 heavy (non-hydrogen) atoms. The molecule has 0 aliphatic carbocycles. The number of carbonyl (C=O) groups is 3. The number of carboxylic acids is 1. The molecule has 0 heterocycles. The van der Waals surface area contributed by atoms with E-state index in [1.807, 2.05) is 0 Å². The molecule has 8 nitrogen and oxygen atoms in total. The van der Waals surface area contributed by atoms with Crippen LogP contribution in [0.1, 0.15) is 12.8 Å². The molecular weight excluding hydrogens is 244 g/mol. The smallest absolute Gasteiger partial charge is 0.303 e. The summed E-state index contributed by atoms with van der Waals surface area (Å²) in [6, 6.07) is -1.00. The minimum atomic E-state index is -1.06. The Kier molecular flexibility index (Phi) is 8.50. The van der Waals surface area contributed by atoms with E-state index < -0.39 is 23.8 Å². The standard InChI is InChI=1S/C10H18N2O6/c1-17-4-5-18-6-8(13)12-7(10(11)16)2-3-9(14)15/h7H,2-6H2,1H3,(H2,11,16)(H,12,13)(H,14,15)/t7-/m0/s1. The molecule has 0 saturated heterocycles. The molecule has 104 valence electrons. The van der Waals surface area contributed by atoms with Gasteiger partial charge in [0.1, 0.15) is 12.6 Å². The number of carbonyl (C=O) groups excluding carboxylic acids is 2. The summed E-state index contributed by atoms with van der Waals surface area (Å²) in [5.74, 6) is -2.37. The summed E-state index contributed by atoms with van der Waals surface area (Å²) >= 11 is 0. The van der Waals surface area contributed by atoms with Crippen LogP contribution in [-0.2, 0) is 23.9 Å². The third-order valence-electron chi connectivity index (χ3n) is 1.99. The van der Waals surface area contributed by atoms with Crippen LogP contribution in [-0.4, -0.2) is 55.9 Å². The second-order valence-electron chi connectivity index (χ2n) is 3.50. The number of ether oxygens (including phenoxy) is 2. The minimum absolute atomic E-state index is 0.0471. The Bertz CT molecular complexity index is 294. The van der Waals surface area contributed by atoms with Crippen LogP contribution < -0.4 is 11.1 Å². The first-order chi connectivity index (χ1) is 8.47. The van der Waals surface area contributed by atoms with E-state index in [-0.39, 0.29) is 26.1 Å². The number of hydrogen-bond acceptors (Lipinski definition) is 5. The zero-order chi connectivity index (χ0) is 14.0. The molecule has 8 heteroatoms. The number of hydrogen-bond donors (Lipinski definition) is 3. The van der Waals surface area contributed by atoms with E-state index >= 15 is 0 Å². The van der Waals surface area contributed by atoms with E-state index in [2.05, 4.69) is 5.32 Å². The van der Waals surface area contributed by atoms with Crippen molar-refractivity contribution in [1.29, 1.82) is 0 Å². The van der Waals surface area contributed by atoms with E-state index in [1.165, 1.54) is 7.11 Å². The van der Waals surface area contributed by atoms with Crippen molar-refractivity contribution >= 4 is 17.8 Å². The third-order valence-corrected chi connectivity index (χ3v) is 1.99. The Morgan fingerprint density at radius 2 is 2.00 bits per heavy atom. The monoisotopic (exact) mass is 262 g/mol. The Balaban J connectivity index is 3.96. The van der Waals surface area contributed by atoms with Gasteiger partial charge in [0.2, 0.25) is 11.8 Å². The van der Waals surface area contributed by atoms with Crippen LogP contribution in [0.2, 0.25) is 0 Å². The average Bonchev–Trinajstić information content (AvgIpc) is 2.29. The number of methoxy groups -OCH3 is 1. The van der Waals surface area contributed by atoms with E-state index in [0.717, 1.165) is 0 Å². The predicted octanol–water partition coefficient (Wildman–Crippen LogP) is -1.52. The minimum Gasteiger partial charge on any atom is -0.481 e. The summed E-state index contributed by atoms with van der Waals surface area (Å²) in [6.45, 7) is 0.367. The van der Waals surface area contributed by atoms with Crippen LogP contribution >= 0.6 is 0 Å². The molecular formula is C10H18N2O6. The second kappa shape index (κ2) is 9.37. The molecule has 0 radical (unpaired) electrons. The van der Waals surface area contributed by atoms with Crippen molar-refractivity contribution in [3.63, 3.8) is 0 Å². The topological polar surface area (TPSA) is 128 Å². The highest BCUT2D eigenvalue weighted by Crippen LogP contribution is 1.97. The highest BCUT2D eigenvalue weighted by molar-refractivity contribution is 5.87. The first-order valence-electron chi connectivity index (χ1n) is 5.34. The van der Waals surface area contributed by atoms with Crippen LogP contribution in [0.4, 0.5) is 0 Å². The lowest BCUT2D eigenvalue weighted by molar-refractivity contribution is -0.138. The molecule has 0 aromatic heterocycles. The summed E-state index contributed by atoms with van der Waals surface area (Å²) in [6.07, 6.45) is -0.299. The molecule has 0 unspecified atom stereocenters. The number of primary amides is 1. The Labute approximate surface area is 104 Å². The van der Waals surface area contributed by atoms with Gasteiger partial charge in [-0.05, 0) is 6.42 Å². The number of carboxylic acid groups (broad SMARTS) is 1. The quantitative estimate of drug-likeness (QED) is 0.410. The molecule has 0 aromatic carbocycles. The maximum Gasteiger partial charge on any atom is 0.303 e. The Morgan fingerprint density at radius 1 is 1.33 bits per heavy atom. The van der Waals surface area contributed by atoms with Crippen LogP contribution in [0.5, 0.6) is 0 Å². The number of amides is 2. The summed E-state index contributed by atoms with van der Waals surface area (Å²) in [7, 11) is 1.50. The maximum absolute atomic E-state index is 11.3. The van der Waals surface area contributed by atoms with Gasteiger partial charge in [-0.2, -0.15) is 0 Å². The molecule has 2 amide bonds. The first kappa shape index (κ1) is 16.3.